The summed E-state index contributed by atoms with van der Waals surface area (Å²) in [7, 11) is 1.59. The molecule has 3 aromatic rings. The normalized spacial score (nSPS) is 11.6. The number of nitro groups is 1. The van der Waals surface area contributed by atoms with Gasteiger partial charge in [0.05, 0.1) is 11.1 Å². The molecule has 10 nitrogen and oxygen atoms in total. The number of carbonyl (C=O) groups excluding carboxylic acids is 1. The van der Waals surface area contributed by atoms with Crippen LogP contribution in [0.15, 0.2) is 42.7 Å². The second-order valence-electron chi connectivity index (χ2n) is 7.03. The molecule has 1 atom stereocenters. The fraction of sp³-hybridized carbons (Fsp3) is 0.286. The molecule has 0 bridgehead atoms. The van der Waals surface area contributed by atoms with Gasteiger partial charge in [-0.15, -0.1) is 0 Å². The van der Waals surface area contributed by atoms with Crippen molar-refractivity contribution in [1.82, 2.24) is 14.8 Å². The summed E-state index contributed by atoms with van der Waals surface area (Å²) in [6, 6.07) is 8.21. The first kappa shape index (κ1) is 21.8. The summed E-state index contributed by atoms with van der Waals surface area (Å²) in [5.74, 6) is 1.15. The van der Waals surface area contributed by atoms with E-state index >= 15 is 0 Å². The highest BCUT2D eigenvalue weighted by Gasteiger charge is 2.28. The standard InChI is InChI=1S/C21H24N6O4/c1-5-17(24-20-19(27(29)30)14(3)25-26(20)4)21(28)23-15-8-9-18(13(2)11-15)31-16-7-6-10-22-12-16/h6-12,17,24H,5H2,1-4H3,(H,23,28). The number of rotatable bonds is 8. The van der Waals surface area contributed by atoms with Crippen LogP contribution in [0.4, 0.5) is 17.2 Å². The number of pyridine rings is 1. The largest absolute Gasteiger partial charge is 0.455 e. The molecule has 1 unspecified atom stereocenters. The molecule has 31 heavy (non-hydrogen) atoms. The fourth-order valence-corrected chi connectivity index (χ4v) is 3.15. The summed E-state index contributed by atoms with van der Waals surface area (Å²) >= 11 is 0. The number of nitrogens with one attached hydrogen (secondary N) is 2. The van der Waals surface area contributed by atoms with E-state index < -0.39 is 11.0 Å². The Labute approximate surface area is 179 Å². The summed E-state index contributed by atoms with van der Waals surface area (Å²) in [6.45, 7) is 5.25. The third-order valence-electron chi connectivity index (χ3n) is 4.71. The van der Waals surface area contributed by atoms with E-state index in [-0.39, 0.29) is 23.1 Å². The third-order valence-corrected chi connectivity index (χ3v) is 4.71. The number of amides is 1. The van der Waals surface area contributed by atoms with Crippen molar-refractivity contribution < 1.29 is 14.5 Å². The minimum atomic E-state index is -0.680. The van der Waals surface area contributed by atoms with E-state index in [9.17, 15) is 14.9 Å². The Hall–Kier alpha value is -3.95. The number of aromatic nitrogens is 3. The van der Waals surface area contributed by atoms with Gasteiger partial charge in [0.15, 0.2) is 0 Å². The maximum Gasteiger partial charge on any atom is 0.333 e. The molecule has 0 saturated heterocycles. The molecule has 0 aliphatic heterocycles. The van der Waals surface area contributed by atoms with Gasteiger partial charge in [-0.25, -0.2) is 4.68 Å². The first-order chi connectivity index (χ1) is 14.8. The minimum absolute atomic E-state index is 0.138. The topological polar surface area (TPSA) is 124 Å². The van der Waals surface area contributed by atoms with Crippen molar-refractivity contribution in [1.29, 1.82) is 0 Å². The van der Waals surface area contributed by atoms with Gasteiger partial charge < -0.3 is 15.4 Å². The van der Waals surface area contributed by atoms with E-state index in [1.807, 2.05) is 13.8 Å². The van der Waals surface area contributed by atoms with Gasteiger partial charge in [-0.05, 0) is 56.2 Å². The lowest BCUT2D eigenvalue weighted by atomic mass is 10.1. The molecule has 3 rings (SSSR count). The lowest BCUT2D eigenvalue weighted by Crippen LogP contribution is -2.35. The zero-order chi connectivity index (χ0) is 22.5. The lowest BCUT2D eigenvalue weighted by Gasteiger charge is -2.18. The van der Waals surface area contributed by atoms with Gasteiger partial charge in [0.1, 0.15) is 23.2 Å². The van der Waals surface area contributed by atoms with Gasteiger partial charge in [0.25, 0.3) is 0 Å². The number of hydrogen-bond donors (Lipinski definition) is 2. The van der Waals surface area contributed by atoms with Gasteiger partial charge in [0, 0.05) is 18.9 Å². The number of benzene rings is 1. The zero-order valence-electron chi connectivity index (χ0n) is 17.7. The minimum Gasteiger partial charge on any atom is -0.455 e. The molecule has 2 N–H and O–H groups in total. The first-order valence-corrected chi connectivity index (χ1v) is 9.74. The predicted octanol–water partition coefficient (Wildman–Crippen LogP) is 3.96. The Bertz CT molecular complexity index is 1100. The molecule has 10 heteroatoms. The lowest BCUT2D eigenvalue weighted by molar-refractivity contribution is -0.384. The molecular weight excluding hydrogens is 400 g/mol. The summed E-state index contributed by atoms with van der Waals surface area (Å²) < 4.78 is 7.18. The van der Waals surface area contributed by atoms with Crippen LogP contribution in [0.2, 0.25) is 0 Å². The van der Waals surface area contributed by atoms with E-state index in [0.29, 0.717) is 23.6 Å². The van der Waals surface area contributed by atoms with Crippen molar-refractivity contribution >= 4 is 23.1 Å². The molecule has 1 aromatic carbocycles. The number of ether oxygens (including phenoxy) is 1. The van der Waals surface area contributed by atoms with Crippen molar-refractivity contribution in [3.63, 3.8) is 0 Å². The second-order valence-corrected chi connectivity index (χ2v) is 7.03. The maximum absolute atomic E-state index is 12.8. The Morgan fingerprint density at radius 2 is 2.10 bits per heavy atom. The summed E-state index contributed by atoms with van der Waals surface area (Å²) in [6.07, 6.45) is 3.71. The van der Waals surface area contributed by atoms with Gasteiger partial charge in [0.2, 0.25) is 11.7 Å². The van der Waals surface area contributed by atoms with E-state index in [0.717, 1.165) is 5.56 Å². The second kappa shape index (κ2) is 9.24. The van der Waals surface area contributed by atoms with E-state index in [1.54, 1.807) is 56.7 Å². The van der Waals surface area contributed by atoms with Crippen LogP contribution in [0.1, 0.15) is 24.6 Å². The van der Waals surface area contributed by atoms with Crippen molar-refractivity contribution in [2.75, 3.05) is 10.6 Å². The first-order valence-electron chi connectivity index (χ1n) is 9.74. The van der Waals surface area contributed by atoms with Gasteiger partial charge in [-0.2, -0.15) is 5.10 Å². The summed E-state index contributed by atoms with van der Waals surface area (Å²) in [5, 5.41) is 21.3. The van der Waals surface area contributed by atoms with E-state index in [1.165, 1.54) is 4.68 Å². The van der Waals surface area contributed by atoms with Gasteiger partial charge in [-0.3, -0.25) is 19.9 Å². The number of hydrogen-bond acceptors (Lipinski definition) is 7. The number of carbonyl (C=O) groups is 1. The van der Waals surface area contributed by atoms with Gasteiger partial charge in [-0.1, -0.05) is 6.92 Å². The molecule has 0 saturated carbocycles. The summed E-state index contributed by atoms with van der Waals surface area (Å²) in [5.41, 5.74) is 1.57. The third kappa shape index (κ3) is 4.97. The summed E-state index contributed by atoms with van der Waals surface area (Å²) in [4.78, 5) is 27.7. The molecule has 0 aliphatic rings. The molecule has 0 radical (unpaired) electrons. The molecule has 2 aromatic heterocycles. The molecule has 2 heterocycles. The Morgan fingerprint density at radius 3 is 2.71 bits per heavy atom. The maximum atomic E-state index is 12.8. The number of anilines is 2. The highest BCUT2D eigenvalue weighted by Crippen LogP contribution is 2.29. The molecule has 0 fully saturated rings. The van der Waals surface area contributed by atoms with Crippen molar-refractivity contribution in [3.05, 3.63) is 64.1 Å². The van der Waals surface area contributed by atoms with Crippen molar-refractivity contribution in [2.24, 2.45) is 7.05 Å². The molecule has 0 spiro atoms. The van der Waals surface area contributed by atoms with Gasteiger partial charge >= 0.3 is 5.69 Å². The quantitative estimate of drug-likeness (QED) is 0.414. The average molecular weight is 424 g/mol. The molecule has 0 aliphatic carbocycles. The molecule has 1 amide bonds. The van der Waals surface area contributed by atoms with Crippen LogP contribution in [0, 0.1) is 24.0 Å². The zero-order valence-corrected chi connectivity index (χ0v) is 17.7. The van der Waals surface area contributed by atoms with E-state index in [4.69, 9.17) is 4.74 Å². The number of nitrogens with zero attached hydrogens (tertiary/aromatic N) is 4. The predicted molar refractivity (Wildman–Crippen MR) is 116 cm³/mol. The van der Waals surface area contributed by atoms with E-state index in [2.05, 4.69) is 20.7 Å². The average Bonchev–Trinajstić information content (AvgIpc) is 3.01. The van der Waals surface area contributed by atoms with Crippen molar-refractivity contribution in [2.45, 2.75) is 33.2 Å². The Balaban J connectivity index is 1.73. The monoisotopic (exact) mass is 424 g/mol. The highest BCUT2D eigenvalue weighted by atomic mass is 16.6. The SMILES string of the molecule is CCC(Nc1c([N+](=O)[O-])c(C)nn1C)C(=O)Nc1ccc(Oc2cccnc2)c(C)c1. The Kier molecular flexibility index (Phi) is 6.49. The molecule has 162 valence electrons. The van der Waals surface area contributed by atoms with Crippen LogP contribution < -0.4 is 15.4 Å². The smallest absolute Gasteiger partial charge is 0.333 e. The van der Waals surface area contributed by atoms with Crippen LogP contribution in [-0.4, -0.2) is 31.6 Å². The highest BCUT2D eigenvalue weighted by molar-refractivity contribution is 5.96. The number of aryl methyl sites for hydroxylation is 3. The van der Waals surface area contributed by atoms with Crippen LogP contribution in [0.3, 0.4) is 0 Å². The molecular formula is C21H24N6O4. The van der Waals surface area contributed by atoms with Crippen LogP contribution in [-0.2, 0) is 11.8 Å². The fourth-order valence-electron chi connectivity index (χ4n) is 3.15. The Morgan fingerprint density at radius 1 is 1.32 bits per heavy atom. The van der Waals surface area contributed by atoms with Crippen LogP contribution in [0.5, 0.6) is 11.5 Å². The van der Waals surface area contributed by atoms with Crippen LogP contribution in [0.25, 0.3) is 0 Å². The van der Waals surface area contributed by atoms with Crippen LogP contribution >= 0.6 is 0 Å². The van der Waals surface area contributed by atoms with Crippen molar-refractivity contribution in [3.8, 4) is 11.5 Å².